The lowest BCUT2D eigenvalue weighted by Gasteiger charge is -2.35. The zero-order valence-electron chi connectivity index (χ0n) is 11.7. The van der Waals surface area contributed by atoms with Gasteiger partial charge in [-0.2, -0.15) is 0 Å². The Labute approximate surface area is 121 Å². The molecule has 118 valence electrons. The molecule has 4 N–H and O–H groups in total. The van der Waals surface area contributed by atoms with Gasteiger partial charge in [0.25, 0.3) is 5.56 Å². The summed E-state index contributed by atoms with van der Waals surface area (Å²) in [6, 6.07) is 0. The molecule has 0 amide bonds. The highest BCUT2D eigenvalue weighted by molar-refractivity contribution is 7.89. The molecule has 1 aromatic rings. The molecule has 1 heterocycles. The Morgan fingerprint density at radius 2 is 2.19 bits per heavy atom. The molecule has 9 heteroatoms. The smallest absolute Gasteiger partial charge is 0.325 e. The highest BCUT2D eigenvalue weighted by Crippen LogP contribution is 2.31. The molecule has 8 nitrogen and oxygen atoms in total. The van der Waals surface area contributed by atoms with Crippen molar-refractivity contribution in [2.75, 3.05) is 6.54 Å². The van der Waals surface area contributed by atoms with Crippen LogP contribution in [0.3, 0.4) is 0 Å². The summed E-state index contributed by atoms with van der Waals surface area (Å²) < 4.78 is 26.4. The summed E-state index contributed by atoms with van der Waals surface area (Å²) >= 11 is 0. The van der Waals surface area contributed by atoms with E-state index in [-0.39, 0.29) is 6.54 Å². The van der Waals surface area contributed by atoms with Gasteiger partial charge in [0.05, 0.1) is 5.60 Å². The zero-order valence-corrected chi connectivity index (χ0v) is 12.5. The molecule has 1 aliphatic carbocycles. The van der Waals surface area contributed by atoms with Crippen LogP contribution in [0.4, 0.5) is 0 Å². The molecule has 0 aromatic carbocycles. The van der Waals surface area contributed by atoms with E-state index in [4.69, 9.17) is 0 Å². The first-order valence-corrected chi connectivity index (χ1v) is 8.24. The summed E-state index contributed by atoms with van der Waals surface area (Å²) in [4.78, 5) is 25.8. The van der Waals surface area contributed by atoms with Gasteiger partial charge in [0.1, 0.15) is 0 Å². The van der Waals surface area contributed by atoms with E-state index < -0.39 is 31.8 Å². The molecule has 0 spiro atoms. The maximum Gasteiger partial charge on any atom is 0.325 e. The van der Waals surface area contributed by atoms with Gasteiger partial charge in [-0.25, -0.2) is 17.9 Å². The second kappa shape index (κ2) is 5.74. The standard InChI is InChI=1S/C12H19N3O5S/c1-8-3-2-4-12(18,5-8)7-14-21(19,20)9-6-13-11(17)15-10(9)16/h6,8,14,18H,2-5,7H2,1H3,(H2,13,15,16,17). The Morgan fingerprint density at radius 3 is 2.81 bits per heavy atom. The monoisotopic (exact) mass is 317 g/mol. The van der Waals surface area contributed by atoms with Crippen molar-refractivity contribution >= 4 is 10.0 Å². The molecule has 0 bridgehead atoms. The van der Waals surface area contributed by atoms with Gasteiger partial charge in [0, 0.05) is 12.7 Å². The van der Waals surface area contributed by atoms with Gasteiger partial charge in [-0.1, -0.05) is 19.8 Å². The summed E-state index contributed by atoms with van der Waals surface area (Å²) in [5, 5.41) is 10.4. The van der Waals surface area contributed by atoms with Crippen LogP contribution in [0.2, 0.25) is 0 Å². The summed E-state index contributed by atoms with van der Waals surface area (Å²) in [5.74, 6) is 0.324. The van der Waals surface area contributed by atoms with Crippen LogP contribution in [0, 0.1) is 5.92 Å². The van der Waals surface area contributed by atoms with Gasteiger partial charge in [0.2, 0.25) is 10.0 Å². The number of rotatable bonds is 4. The number of H-pyrrole nitrogens is 2. The number of hydrogen-bond donors (Lipinski definition) is 4. The van der Waals surface area contributed by atoms with E-state index in [0.29, 0.717) is 18.8 Å². The minimum Gasteiger partial charge on any atom is -0.389 e. The van der Waals surface area contributed by atoms with Crippen LogP contribution in [0.1, 0.15) is 32.6 Å². The highest BCUT2D eigenvalue weighted by atomic mass is 32.2. The third-order valence-electron chi connectivity index (χ3n) is 3.73. The molecule has 2 atom stereocenters. The molecule has 1 aliphatic rings. The van der Waals surface area contributed by atoms with E-state index in [1.807, 2.05) is 11.9 Å². The van der Waals surface area contributed by atoms with E-state index in [0.717, 1.165) is 19.0 Å². The van der Waals surface area contributed by atoms with Crippen LogP contribution in [0.15, 0.2) is 20.7 Å². The fourth-order valence-corrected chi connectivity index (χ4v) is 3.82. The van der Waals surface area contributed by atoms with Crippen molar-refractivity contribution in [3.63, 3.8) is 0 Å². The van der Waals surface area contributed by atoms with Crippen molar-refractivity contribution in [1.82, 2.24) is 14.7 Å². The Hall–Kier alpha value is -1.45. The van der Waals surface area contributed by atoms with Crippen LogP contribution in [-0.4, -0.2) is 35.6 Å². The Morgan fingerprint density at radius 1 is 1.48 bits per heavy atom. The van der Waals surface area contributed by atoms with Crippen molar-refractivity contribution < 1.29 is 13.5 Å². The van der Waals surface area contributed by atoms with Crippen molar-refractivity contribution in [3.05, 3.63) is 27.0 Å². The summed E-state index contributed by atoms with van der Waals surface area (Å²) in [5.41, 5.74) is -2.87. The second-order valence-corrected chi connectivity index (χ2v) is 7.42. The number of aliphatic hydroxyl groups is 1. The number of aromatic nitrogens is 2. The maximum absolute atomic E-state index is 12.1. The fourth-order valence-electron chi connectivity index (χ4n) is 2.70. The van der Waals surface area contributed by atoms with E-state index in [9.17, 15) is 23.1 Å². The summed E-state index contributed by atoms with van der Waals surface area (Å²) in [6.45, 7) is 1.85. The number of sulfonamides is 1. The van der Waals surface area contributed by atoms with Crippen LogP contribution >= 0.6 is 0 Å². The van der Waals surface area contributed by atoms with Crippen LogP contribution in [-0.2, 0) is 10.0 Å². The first-order valence-electron chi connectivity index (χ1n) is 6.76. The number of nitrogens with one attached hydrogen (secondary N) is 3. The van der Waals surface area contributed by atoms with Gasteiger partial charge in [0.15, 0.2) is 4.90 Å². The van der Waals surface area contributed by atoms with E-state index in [1.54, 1.807) is 0 Å². The third-order valence-corrected chi connectivity index (χ3v) is 5.14. The molecule has 0 aliphatic heterocycles. The average Bonchev–Trinajstić information content (AvgIpc) is 2.36. The molecule has 0 radical (unpaired) electrons. The third kappa shape index (κ3) is 3.80. The maximum atomic E-state index is 12.1. The van der Waals surface area contributed by atoms with Crippen LogP contribution in [0.5, 0.6) is 0 Å². The summed E-state index contributed by atoms with van der Waals surface area (Å²) in [7, 11) is -4.09. The molecule has 1 saturated carbocycles. The SMILES string of the molecule is CC1CCCC(O)(CNS(=O)(=O)c2c[nH]c(=O)[nH]c2=O)C1. The fraction of sp³-hybridized carbons (Fsp3) is 0.667. The Balaban J connectivity index is 2.14. The molecular formula is C12H19N3O5S. The lowest BCUT2D eigenvalue weighted by Crippen LogP contribution is -2.46. The molecule has 21 heavy (non-hydrogen) atoms. The second-order valence-electron chi connectivity index (χ2n) is 5.69. The predicted molar refractivity (Wildman–Crippen MR) is 75.5 cm³/mol. The topological polar surface area (TPSA) is 132 Å². The molecule has 2 unspecified atom stereocenters. The minimum absolute atomic E-state index is 0.155. The van der Waals surface area contributed by atoms with Crippen LogP contribution in [0.25, 0.3) is 0 Å². The quantitative estimate of drug-likeness (QED) is 0.582. The largest absolute Gasteiger partial charge is 0.389 e. The Bertz CT molecular complexity index is 723. The highest BCUT2D eigenvalue weighted by Gasteiger charge is 2.34. The van der Waals surface area contributed by atoms with E-state index in [1.165, 1.54) is 0 Å². The van der Waals surface area contributed by atoms with Crippen molar-refractivity contribution in [3.8, 4) is 0 Å². The summed E-state index contributed by atoms with van der Waals surface area (Å²) in [6.07, 6.45) is 3.71. The minimum atomic E-state index is -4.09. The zero-order chi connectivity index (χ0) is 15.7. The first-order chi connectivity index (χ1) is 9.72. The molecule has 2 rings (SSSR count). The van der Waals surface area contributed by atoms with Crippen molar-refractivity contribution in [2.24, 2.45) is 5.92 Å². The molecule has 1 fully saturated rings. The first kappa shape index (κ1) is 15.9. The van der Waals surface area contributed by atoms with Crippen LogP contribution < -0.4 is 16.0 Å². The molecular weight excluding hydrogens is 298 g/mol. The normalized spacial score (nSPS) is 26.7. The number of aromatic amines is 2. The predicted octanol–water partition coefficient (Wildman–Crippen LogP) is -0.717. The lowest BCUT2D eigenvalue weighted by atomic mass is 9.79. The van der Waals surface area contributed by atoms with Crippen molar-refractivity contribution in [1.29, 1.82) is 0 Å². The average molecular weight is 317 g/mol. The van der Waals surface area contributed by atoms with Gasteiger partial charge < -0.3 is 10.1 Å². The van der Waals surface area contributed by atoms with Gasteiger partial charge >= 0.3 is 5.69 Å². The molecule has 0 saturated heterocycles. The van der Waals surface area contributed by atoms with Gasteiger partial charge in [-0.3, -0.25) is 9.78 Å². The number of hydrogen-bond acceptors (Lipinski definition) is 5. The van der Waals surface area contributed by atoms with Crippen molar-refractivity contribution in [2.45, 2.75) is 43.1 Å². The van der Waals surface area contributed by atoms with E-state index in [2.05, 4.69) is 9.71 Å². The van der Waals surface area contributed by atoms with Gasteiger partial charge in [-0.15, -0.1) is 0 Å². The van der Waals surface area contributed by atoms with Gasteiger partial charge in [-0.05, 0) is 18.8 Å². The molecule has 1 aromatic heterocycles. The lowest BCUT2D eigenvalue weighted by molar-refractivity contribution is -0.00752. The Kier molecular flexibility index (Phi) is 4.35. The van der Waals surface area contributed by atoms with E-state index >= 15 is 0 Å².